The van der Waals surface area contributed by atoms with E-state index in [1.165, 1.54) is 31.5 Å². The Morgan fingerprint density at radius 2 is 0.855 bits per heavy atom. The standard InChI is InChI=1S/C28H33O8.3C6H5.Sn/c1-6-25(32-17-23-13-9-7-10-14-23)27(35-21(4)30)28(36-22(5)31)26(19(2)34-20(3)29)33-18-24-15-11-8-12-16-24;3*1-2-4-6-5-3-1;/h1,6-16,19,25-28H,17-18H2,2-5H3;3*1-5H;/t19-,25-,26-,27-,28+;;;;/m1..../s1. The molecule has 0 fully saturated rings. The zero-order chi connectivity index (χ0) is 39.0. The molecule has 284 valence electrons. The van der Waals surface area contributed by atoms with E-state index in [0.29, 0.717) is 0 Å². The average molecular weight is 848 g/mol. The molecule has 9 heteroatoms. The van der Waals surface area contributed by atoms with E-state index in [-0.39, 0.29) is 13.2 Å². The first kappa shape index (κ1) is 41.1. The van der Waals surface area contributed by atoms with E-state index in [1.807, 2.05) is 121 Å². The molecule has 0 aliphatic heterocycles. The summed E-state index contributed by atoms with van der Waals surface area (Å²) in [5.74, 6) is -1.80. The summed E-state index contributed by atoms with van der Waals surface area (Å²) in [4.78, 5) is 38.4. The van der Waals surface area contributed by atoms with Crippen LogP contribution < -0.4 is 10.7 Å². The summed E-state index contributed by atoms with van der Waals surface area (Å²) in [5, 5.41) is 0. The van der Waals surface area contributed by atoms with Gasteiger partial charge in [-0.2, -0.15) is 0 Å². The van der Waals surface area contributed by atoms with Gasteiger partial charge in [-0.15, -0.1) is 0 Å². The predicted octanol–water partition coefficient (Wildman–Crippen LogP) is 6.24. The van der Waals surface area contributed by atoms with Gasteiger partial charge in [0.1, 0.15) is 0 Å². The van der Waals surface area contributed by atoms with Gasteiger partial charge < -0.3 is 0 Å². The molecule has 0 unspecified atom stereocenters. The van der Waals surface area contributed by atoms with Gasteiger partial charge >= 0.3 is 329 Å². The third-order valence-electron chi connectivity index (χ3n) is 9.18. The van der Waals surface area contributed by atoms with Crippen LogP contribution in [0.2, 0.25) is 0 Å². The van der Waals surface area contributed by atoms with Gasteiger partial charge in [-0.25, -0.2) is 0 Å². The molecule has 0 N–H and O–H groups in total. The Balaban J connectivity index is 1.71. The number of hydrogen-bond donors (Lipinski definition) is 0. The van der Waals surface area contributed by atoms with E-state index in [2.05, 4.69) is 40.5 Å². The summed E-state index contributed by atoms with van der Waals surface area (Å²) >= 11 is -4.08. The summed E-state index contributed by atoms with van der Waals surface area (Å²) in [6.07, 6.45) is -3.49. The average Bonchev–Trinajstić information content (AvgIpc) is 3.19. The summed E-state index contributed by atoms with van der Waals surface area (Å²) in [5.41, 5.74) is 1.73. The van der Waals surface area contributed by atoms with Gasteiger partial charge in [-0.1, -0.05) is 0 Å². The van der Waals surface area contributed by atoms with E-state index >= 15 is 0 Å². The SMILES string of the molecule is CC(=O)O[C@@H]([C@H](OCc1ccccc1)[C@@H](C)OC(C)=O)[C@H](OC(C)=O)[C@@H](/C=[CH]\[Sn]([c]1ccccc1)([c]1ccccc1)[c]1ccccc1)OCc1ccccc1. The van der Waals surface area contributed by atoms with Crippen molar-refractivity contribution in [3.8, 4) is 0 Å². The topological polar surface area (TPSA) is 97.4 Å². The van der Waals surface area contributed by atoms with Gasteiger partial charge in [0.2, 0.25) is 0 Å². The van der Waals surface area contributed by atoms with Crippen molar-refractivity contribution >= 4 is 47.0 Å². The molecule has 5 atom stereocenters. The first-order valence-corrected chi connectivity index (χ1v) is 24.3. The Labute approximate surface area is 327 Å². The monoisotopic (exact) mass is 848 g/mol. The molecule has 0 amide bonds. The van der Waals surface area contributed by atoms with Crippen LogP contribution in [0.15, 0.2) is 162 Å². The molecular weight excluding hydrogens is 799 g/mol. The minimum absolute atomic E-state index is 0.0998. The van der Waals surface area contributed by atoms with Crippen LogP contribution in [0, 0.1) is 0 Å². The van der Waals surface area contributed by atoms with Gasteiger partial charge in [-0.05, 0) is 0 Å². The summed E-state index contributed by atoms with van der Waals surface area (Å²) in [6.45, 7) is 5.79. The Morgan fingerprint density at radius 3 is 1.25 bits per heavy atom. The fraction of sp³-hybridized carbons (Fsp3) is 0.239. The third kappa shape index (κ3) is 11.5. The number of benzene rings is 5. The van der Waals surface area contributed by atoms with Crippen LogP contribution >= 0.6 is 0 Å². The Morgan fingerprint density at radius 1 is 0.491 bits per heavy atom. The summed E-state index contributed by atoms with van der Waals surface area (Å²) in [7, 11) is 0. The zero-order valence-electron chi connectivity index (χ0n) is 31.7. The van der Waals surface area contributed by atoms with E-state index in [4.69, 9.17) is 23.7 Å². The van der Waals surface area contributed by atoms with E-state index in [0.717, 1.165) is 11.1 Å². The molecule has 0 heterocycles. The number of esters is 3. The first-order chi connectivity index (χ1) is 26.7. The van der Waals surface area contributed by atoms with Gasteiger partial charge in [0.25, 0.3) is 0 Å². The molecule has 55 heavy (non-hydrogen) atoms. The molecule has 0 bridgehead atoms. The van der Waals surface area contributed by atoms with Crippen LogP contribution in [-0.2, 0) is 51.3 Å². The van der Waals surface area contributed by atoms with Crippen LogP contribution in [0.3, 0.4) is 0 Å². The van der Waals surface area contributed by atoms with Gasteiger partial charge in [0.05, 0.1) is 0 Å². The van der Waals surface area contributed by atoms with E-state index in [9.17, 15) is 14.4 Å². The molecule has 5 aromatic rings. The number of hydrogen-bond acceptors (Lipinski definition) is 8. The van der Waals surface area contributed by atoms with E-state index < -0.39 is 66.8 Å². The van der Waals surface area contributed by atoms with Crippen LogP contribution in [-0.4, -0.2) is 66.8 Å². The third-order valence-corrected chi connectivity index (χ3v) is 21.8. The van der Waals surface area contributed by atoms with Gasteiger partial charge in [0, 0.05) is 0 Å². The molecule has 8 nitrogen and oxygen atoms in total. The molecule has 0 saturated heterocycles. The normalized spacial score (nSPS) is 14.3. The van der Waals surface area contributed by atoms with Crippen molar-refractivity contribution in [3.05, 3.63) is 173 Å². The molecule has 0 aromatic heterocycles. The summed E-state index contributed by atoms with van der Waals surface area (Å²) in [6, 6.07) is 50.4. The molecule has 0 radical (unpaired) electrons. The Bertz CT molecular complexity index is 1860. The first-order valence-electron chi connectivity index (χ1n) is 18.4. The minimum atomic E-state index is -4.08. The Kier molecular flexibility index (Phi) is 15.4. The number of carbonyl (C=O) groups excluding carboxylic acids is 3. The molecule has 0 saturated carbocycles. The van der Waals surface area contributed by atoms with Crippen molar-refractivity contribution in [1.82, 2.24) is 0 Å². The van der Waals surface area contributed by atoms with E-state index in [1.54, 1.807) is 6.92 Å². The number of ether oxygens (including phenoxy) is 5. The van der Waals surface area contributed by atoms with Crippen molar-refractivity contribution in [1.29, 1.82) is 0 Å². The fourth-order valence-corrected chi connectivity index (χ4v) is 18.8. The molecular formula is C46H48O8Sn. The van der Waals surface area contributed by atoms with Crippen LogP contribution in [0.1, 0.15) is 38.8 Å². The molecule has 5 aromatic carbocycles. The number of carbonyl (C=O) groups is 3. The second kappa shape index (κ2) is 20.6. The van der Waals surface area contributed by atoms with Gasteiger partial charge in [0.15, 0.2) is 0 Å². The summed E-state index contributed by atoms with van der Waals surface area (Å²) < 4.78 is 36.9. The van der Waals surface area contributed by atoms with Crippen LogP contribution in [0.25, 0.3) is 0 Å². The maximum absolute atomic E-state index is 13.1. The molecule has 0 aliphatic carbocycles. The predicted molar refractivity (Wildman–Crippen MR) is 215 cm³/mol. The maximum atomic E-state index is 13.1. The second-order valence-electron chi connectivity index (χ2n) is 13.3. The molecule has 0 spiro atoms. The van der Waals surface area contributed by atoms with Crippen molar-refractivity contribution in [2.75, 3.05) is 0 Å². The fourth-order valence-electron chi connectivity index (χ4n) is 6.78. The van der Waals surface area contributed by atoms with Crippen molar-refractivity contribution in [3.63, 3.8) is 0 Å². The molecule has 0 aliphatic rings. The van der Waals surface area contributed by atoms with Crippen LogP contribution in [0.4, 0.5) is 0 Å². The molecule has 5 rings (SSSR count). The van der Waals surface area contributed by atoms with Crippen molar-refractivity contribution < 1.29 is 38.1 Å². The van der Waals surface area contributed by atoms with Crippen molar-refractivity contribution in [2.45, 2.75) is 71.4 Å². The zero-order valence-corrected chi connectivity index (χ0v) is 34.5. The van der Waals surface area contributed by atoms with Crippen molar-refractivity contribution in [2.24, 2.45) is 0 Å². The second-order valence-corrected chi connectivity index (χ2v) is 23.8. The van der Waals surface area contributed by atoms with Gasteiger partial charge in [-0.3, -0.25) is 0 Å². The quantitative estimate of drug-likeness (QED) is 0.0582. The van der Waals surface area contributed by atoms with Crippen LogP contribution in [0.5, 0.6) is 0 Å². The Hall–Kier alpha value is -5.03. The number of rotatable bonds is 18.